The second-order valence-electron chi connectivity index (χ2n) is 5.80. The topological polar surface area (TPSA) is 57.5 Å². The lowest BCUT2D eigenvalue weighted by Crippen LogP contribution is -2.00. The average Bonchev–Trinajstić information content (AvgIpc) is 2.49. The van der Waals surface area contributed by atoms with Gasteiger partial charge in [-0.1, -0.05) is 51.2 Å². The first-order valence-corrected chi connectivity index (χ1v) is 9.96. The number of aliphatic hydroxyl groups excluding tert-OH is 1. The van der Waals surface area contributed by atoms with Crippen molar-refractivity contribution in [3.63, 3.8) is 0 Å². The second-order valence-corrected chi connectivity index (χ2v) is 7.03. The molecule has 0 rings (SSSR count). The molecule has 22 heavy (non-hydrogen) atoms. The summed E-state index contributed by atoms with van der Waals surface area (Å²) in [4.78, 5) is 10.3. The molecule has 0 spiro atoms. The highest BCUT2D eigenvalue weighted by molar-refractivity contribution is 7.99. The Bertz CT molecular complexity index is 280. The Morgan fingerprint density at radius 2 is 1.73 bits per heavy atom. The highest BCUT2D eigenvalue weighted by Crippen LogP contribution is 2.12. The zero-order chi connectivity index (χ0) is 16.5. The molecular formula is C18H34O3S. The van der Waals surface area contributed by atoms with Crippen LogP contribution < -0.4 is 0 Å². The van der Waals surface area contributed by atoms with Crippen molar-refractivity contribution in [2.45, 2.75) is 83.7 Å². The van der Waals surface area contributed by atoms with Crippen LogP contribution in [0.15, 0.2) is 12.2 Å². The van der Waals surface area contributed by atoms with Gasteiger partial charge < -0.3 is 10.2 Å². The van der Waals surface area contributed by atoms with Gasteiger partial charge >= 0.3 is 5.97 Å². The lowest BCUT2D eigenvalue weighted by molar-refractivity contribution is -0.137. The van der Waals surface area contributed by atoms with Crippen molar-refractivity contribution in [2.75, 3.05) is 11.5 Å². The molecule has 0 fully saturated rings. The summed E-state index contributed by atoms with van der Waals surface area (Å²) in [6.45, 7) is 2.14. The van der Waals surface area contributed by atoms with Gasteiger partial charge in [0, 0.05) is 6.42 Å². The number of carboxylic acid groups (broad SMARTS) is 1. The minimum absolute atomic E-state index is 0.252. The maximum atomic E-state index is 10.3. The Hall–Kier alpha value is -0.480. The third-order valence-electron chi connectivity index (χ3n) is 3.55. The summed E-state index contributed by atoms with van der Waals surface area (Å²) >= 11 is 1.87. The van der Waals surface area contributed by atoms with Gasteiger partial charge in [-0.05, 0) is 43.6 Å². The van der Waals surface area contributed by atoms with Crippen LogP contribution in [0.4, 0.5) is 0 Å². The van der Waals surface area contributed by atoms with Crippen LogP contribution >= 0.6 is 11.8 Å². The minimum atomic E-state index is -0.687. The molecule has 0 aromatic rings. The molecule has 0 bridgehead atoms. The van der Waals surface area contributed by atoms with Crippen LogP contribution in [0.2, 0.25) is 0 Å². The van der Waals surface area contributed by atoms with E-state index in [1.54, 1.807) is 0 Å². The number of aliphatic carboxylic acids is 1. The van der Waals surface area contributed by atoms with E-state index in [0.29, 0.717) is 6.42 Å². The summed E-state index contributed by atoms with van der Waals surface area (Å²) < 4.78 is 0. The summed E-state index contributed by atoms with van der Waals surface area (Å²) in [7, 11) is 0. The number of carboxylic acids is 1. The number of hydrogen-bond donors (Lipinski definition) is 2. The van der Waals surface area contributed by atoms with E-state index in [-0.39, 0.29) is 6.10 Å². The minimum Gasteiger partial charge on any atom is -0.481 e. The monoisotopic (exact) mass is 330 g/mol. The van der Waals surface area contributed by atoms with Gasteiger partial charge in [-0.2, -0.15) is 11.8 Å². The van der Waals surface area contributed by atoms with Crippen LogP contribution in [0.1, 0.15) is 77.6 Å². The first-order valence-electron chi connectivity index (χ1n) is 8.81. The summed E-state index contributed by atoms with van der Waals surface area (Å²) in [6.07, 6.45) is 15.4. The fourth-order valence-corrected chi connectivity index (χ4v) is 3.15. The quantitative estimate of drug-likeness (QED) is 0.308. The van der Waals surface area contributed by atoms with Gasteiger partial charge in [0.1, 0.15) is 0 Å². The van der Waals surface area contributed by atoms with Crippen molar-refractivity contribution in [3.05, 3.63) is 12.2 Å². The second kappa shape index (κ2) is 16.9. The van der Waals surface area contributed by atoms with E-state index < -0.39 is 5.97 Å². The molecule has 0 saturated carbocycles. The molecule has 130 valence electrons. The molecule has 0 saturated heterocycles. The molecule has 0 radical (unpaired) electrons. The van der Waals surface area contributed by atoms with Crippen molar-refractivity contribution in [1.29, 1.82) is 0 Å². The van der Waals surface area contributed by atoms with E-state index in [1.165, 1.54) is 32.1 Å². The van der Waals surface area contributed by atoms with E-state index in [1.807, 2.05) is 17.8 Å². The zero-order valence-corrected chi connectivity index (χ0v) is 15.0. The van der Waals surface area contributed by atoms with Gasteiger partial charge in [0.2, 0.25) is 0 Å². The van der Waals surface area contributed by atoms with Gasteiger partial charge in [-0.3, -0.25) is 4.79 Å². The number of thioether (sulfide) groups is 1. The Morgan fingerprint density at radius 1 is 1.05 bits per heavy atom. The molecule has 0 aliphatic rings. The molecule has 2 N–H and O–H groups in total. The van der Waals surface area contributed by atoms with E-state index in [2.05, 4.69) is 13.0 Å². The van der Waals surface area contributed by atoms with Gasteiger partial charge in [0.15, 0.2) is 0 Å². The molecule has 0 unspecified atom stereocenters. The van der Waals surface area contributed by atoms with Crippen LogP contribution in [0.25, 0.3) is 0 Å². The lowest BCUT2D eigenvalue weighted by Gasteiger charge is -2.03. The van der Waals surface area contributed by atoms with E-state index in [0.717, 1.165) is 43.6 Å². The van der Waals surface area contributed by atoms with Gasteiger partial charge in [0.25, 0.3) is 0 Å². The fraction of sp³-hybridized carbons (Fsp3) is 0.833. The van der Waals surface area contributed by atoms with E-state index in [4.69, 9.17) is 5.11 Å². The Balaban J connectivity index is 3.17. The predicted molar refractivity (Wildman–Crippen MR) is 96.6 cm³/mol. The summed E-state index contributed by atoms with van der Waals surface area (Å²) in [5.41, 5.74) is 0. The smallest absolute Gasteiger partial charge is 0.303 e. The molecule has 0 aliphatic carbocycles. The largest absolute Gasteiger partial charge is 0.481 e. The molecular weight excluding hydrogens is 296 g/mol. The fourth-order valence-electron chi connectivity index (χ4n) is 2.19. The standard InChI is InChI=1S/C18H34O3S/c1-2-3-12-17(19)13-9-7-5-4-6-8-10-15-22-16-11-14-18(20)21/h9,13,17,19H,2-8,10-12,14-16H2,1H3,(H,20,21)/b13-9-/t17-/m1/s1. The molecule has 4 heteroatoms. The third-order valence-corrected chi connectivity index (χ3v) is 4.71. The Kier molecular flexibility index (Phi) is 16.5. The normalized spacial score (nSPS) is 12.8. The van der Waals surface area contributed by atoms with Crippen molar-refractivity contribution in [2.24, 2.45) is 0 Å². The third kappa shape index (κ3) is 17.6. The highest BCUT2D eigenvalue weighted by atomic mass is 32.2. The number of aliphatic hydroxyl groups is 1. The molecule has 0 heterocycles. The molecule has 3 nitrogen and oxygen atoms in total. The number of carbonyl (C=O) groups is 1. The van der Waals surface area contributed by atoms with E-state index in [9.17, 15) is 9.90 Å². The number of hydrogen-bond acceptors (Lipinski definition) is 3. The predicted octanol–water partition coefficient (Wildman–Crippen LogP) is 5.03. The summed E-state index contributed by atoms with van der Waals surface area (Å²) in [5.74, 6) is 1.44. The molecule has 0 amide bonds. The zero-order valence-electron chi connectivity index (χ0n) is 14.1. The number of unbranched alkanes of at least 4 members (excludes halogenated alkanes) is 6. The van der Waals surface area contributed by atoms with Crippen molar-refractivity contribution < 1.29 is 15.0 Å². The number of allylic oxidation sites excluding steroid dienone is 1. The molecule has 0 aromatic carbocycles. The van der Waals surface area contributed by atoms with E-state index >= 15 is 0 Å². The summed E-state index contributed by atoms with van der Waals surface area (Å²) in [5, 5.41) is 18.2. The van der Waals surface area contributed by atoms with Crippen LogP contribution in [-0.4, -0.2) is 33.8 Å². The van der Waals surface area contributed by atoms with Gasteiger partial charge in [-0.25, -0.2) is 0 Å². The number of rotatable bonds is 16. The lowest BCUT2D eigenvalue weighted by atomic mass is 10.1. The molecule has 0 aromatic heterocycles. The first kappa shape index (κ1) is 21.5. The maximum Gasteiger partial charge on any atom is 0.303 e. The van der Waals surface area contributed by atoms with Crippen molar-refractivity contribution >= 4 is 17.7 Å². The van der Waals surface area contributed by atoms with Crippen LogP contribution in [0, 0.1) is 0 Å². The molecule has 1 atom stereocenters. The van der Waals surface area contributed by atoms with Crippen molar-refractivity contribution in [1.82, 2.24) is 0 Å². The summed E-state index contributed by atoms with van der Waals surface area (Å²) in [6, 6.07) is 0. The Morgan fingerprint density at radius 3 is 2.45 bits per heavy atom. The van der Waals surface area contributed by atoms with Crippen molar-refractivity contribution in [3.8, 4) is 0 Å². The van der Waals surface area contributed by atoms with Crippen LogP contribution in [0.3, 0.4) is 0 Å². The van der Waals surface area contributed by atoms with Crippen LogP contribution in [0.5, 0.6) is 0 Å². The van der Waals surface area contributed by atoms with Gasteiger partial charge in [-0.15, -0.1) is 0 Å². The SMILES string of the molecule is CCCC[C@@H](O)/C=C\CCCCCCCSCCCC(=O)O. The first-order chi connectivity index (χ1) is 10.7. The maximum absolute atomic E-state index is 10.3. The van der Waals surface area contributed by atoms with Gasteiger partial charge in [0.05, 0.1) is 6.10 Å². The Labute approximate surface area is 140 Å². The average molecular weight is 331 g/mol. The molecule has 0 aliphatic heterocycles. The van der Waals surface area contributed by atoms with Crippen LogP contribution in [-0.2, 0) is 4.79 Å². The highest BCUT2D eigenvalue weighted by Gasteiger charge is 1.98.